The lowest BCUT2D eigenvalue weighted by Crippen LogP contribution is -2.21. The molecule has 14 heteroatoms. The molecular weight excluding hydrogens is 525 g/mol. The van der Waals surface area contributed by atoms with E-state index in [1.807, 2.05) is 19.1 Å². The summed E-state index contributed by atoms with van der Waals surface area (Å²) < 4.78 is 36.9. The number of ether oxygens (including phenoxy) is 1. The number of amides is 2. The number of carbonyl (C=O) groups excluding carboxylic acids is 2. The summed E-state index contributed by atoms with van der Waals surface area (Å²) >= 11 is 7.50. The number of halogens is 4. The van der Waals surface area contributed by atoms with Crippen LogP contribution in [0.25, 0.3) is 10.4 Å². The van der Waals surface area contributed by atoms with Gasteiger partial charge < -0.3 is 20.5 Å². The van der Waals surface area contributed by atoms with Gasteiger partial charge in [-0.15, -0.1) is 0 Å². The lowest BCUT2D eigenvalue weighted by molar-refractivity contribution is -0.192. The van der Waals surface area contributed by atoms with Crippen LogP contribution in [-0.4, -0.2) is 46.1 Å². The van der Waals surface area contributed by atoms with Crippen molar-refractivity contribution in [2.24, 2.45) is 0 Å². The van der Waals surface area contributed by atoms with Crippen LogP contribution in [0.3, 0.4) is 0 Å². The number of nitrogens with one attached hydrogen (secondary N) is 2. The summed E-state index contributed by atoms with van der Waals surface area (Å²) in [5.74, 6) is -2.43. The van der Waals surface area contributed by atoms with Crippen LogP contribution >= 0.6 is 22.9 Å². The summed E-state index contributed by atoms with van der Waals surface area (Å²) in [4.78, 5) is 41.9. The van der Waals surface area contributed by atoms with Crippen molar-refractivity contribution in [3.8, 4) is 16.2 Å². The molecule has 0 radical (unpaired) electrons. The fourth-order valence-electron chi connectivity index (χ4n) is 2.65. The Morgan fingerprint density at radius 3 is 2.31 bits per heavy atom. The van der Waals surface area contributed by atoms with Gasteiger partial charge in [-0.3, -0.25) is 9.59 Å². The first kappa shape index (κ1) is 28.5. The van der Waals surface area contributed by atoms with E-state index < -0.39 is 12.1 Å². The first-order chi connectivity index (χ1) is 16.8. The van der Waals surface area contributed by atoms with Crippen LogP contribution in [0.15, 0.2) is 36.5 Å². The number of hydrogen-bond acceptors (Lipinski definition) is 7. The SMILES string of the molecule is COc1ccc(CC(=O)Nc2cc(-c3sc(NC(C)=O)nc3C)cnc2Cl)cc1.O=C(O)C(F)(F)F. The predicted molar refractivity (Wildman–Crippen MR) is 128 cm³/mol. The van der Waals surface area contributed by atoms with E-state index in [1.165, 1.54) is 18.3 Å². The molecule has 192 valence electrons. The van der Waals surface area contributed by atoms with Crippen molar-refractivity contribution in [3.63, 3.8) is 0 Å². The van der Waals surface area contributed by atoms with Crippen molar-refractivity contribution in [3.05, 3.63) is 52.9 Å². The Bertz CT molecular complexity index is 1250. The first-order valence-electron chi connectivity index (χ1n) is 9.94. The minimum atomic E-state index is -5.08. The van der Waals surface area contributed by atoms with E-state index in [0.717, 1.165) is 27.4 Å². The van der Waals surface area contributed by atoms with Crippen LogP contribution in [0, 0.1) is 6.92 Å². The number of carbonyl (C=O) groups is 3. The molecule has 0 bridgehead atoms. The number of aliphatic carboxylic acids is 1. The van der Waals surface area contributed by atoms with Gasteiger partial charge in [-0.25, -0.2) is 14.8 Å². The van der Waals surface area contributed by atoms with Gasteiger partial charge in [0.05, 0.1) is 29.8 Å². The van der Waals surface area contributed by atoms with Gasteiger partial charge in [-0.2, -0.15) is 13.2 Å². The average Bonchev–Trinajstić information content (AvgIpc) is 3.14. The maximum absolute atomic E-state index is 12.4. The maximum Gasteiger partial charge on any atom is 0.490 e. The predicted octanol–water partition coefficient (Wildman–Crippen LogP) is 4.95. The van der Waals surface area contributed by atoms with Crippen molar-refractivity contribution in [1.29, 1.82) is 0 Å². The zero-order valence-electron chi connectivity index (χ0n) is 19.1. The van der Waals surface area contributed by atoms with Crippen LogP contribution in [0.2, 0.25) is 5.15 Å². The number of benzene rings is 1. The number of carboxylic acid groups (broad SMARTS) is 1. The molecule has 0 aliphatic carbocycles. The normalized spacial score (nSPS) is 10.6. The van der Waals surface area contributed by atoms with E-state index in [9.17, 15) is 22.8 Å². The molecule has 3 rings (SSSR count). The highest BCUT2D eigenvalue weighted by Crippen LogP contribution is 2.35. The quantitative estimate of drug-likeness (QED) is 0.374. The van der Waals surface area contributed by atoms with Gasteiger partial charge in [0.15, 0.2) is 10.3 Å². The van der Waals surface area contributed by atoms with E-state index >= 15 is 0 Å². The maximum atomic E-state index is 12.4. The van der Waals surface area contributed by atoms with Gasteiger partial charge >= 0.3 is 12.1 Å². The molecule has 2 heterocycles. The van der Waals surface area contributed by atoms with Crippen LogP contribution < -0.4 is 15.4 Å². The largest absolute Gasteiger partial charge is 0.497 e. The molecule has 2 amide bonds. The lowest BCUT2D eigenvalue weighted by Gasteiger charge is -2.09. The zero-order valence-corrected chi connectivity index (χ0v) is 20.6. The number of pyridine rings is 1. The van der Waals surface area contributed by atoms with E-state index in [1.54, 1.807) is 31.5 Å². The summed E-state index contributed by atoms with van der Waals surface area (Å²) in [6, 6.07) is 9.02. The minimum absolute atomic E-state index is 0.189. The van der Waals surface area contributed by atoms with E-state index in [0.29, 0.717) is 10.8 Å². The fraction of sp³-hybridized carbons (Fsp3) is 0.227. The van der Waals surface area contributed by atoms with Crippen molar-refractivity contribution in [1.82, 2.24) is 9.97 Å². The Labute approximate surface area is 212 Å². The molecule has 0 aliphatic rings. The molecule has 0 saturated carbocycles. The number of carboxylic acids is 1. The van der Waals surface area contributed by atoms with Crippen LogP contribution in [0.1, 0.15) is 18.2 Å². The molecule has 0 saturated heterocycles. The number of aryl methyl sites for hydroxylation is 1. The Balaban J connectivity index is 0.000000572. The average molecular weight is 545 g/mol. The molecule has 36 heavy (non-hydrogen) atoms. The van der Waals surface area contributed by atoms with Crippen LogP contribution in [0.5, 0.6) is 5.75 Å². The van der Waals surface area contributed by atoms with Gasteiger partial charge in [-0.1, -0.05) is 35.1 Å². The molecule has 1 aromatic carbocycles. The van der Waals surface area contributed by atoms with Crippen molar-refractivity contribution >= 4 is 51.5 Å². The number of aromatic nitrogens is 2. The second kappa shape index (κ2) is 12.3. The van der Waals surface area contributed by atoms with Crippen LogP contribution in [0.4, 0.5) is 24.0 Å². The van der Waals surface area contributed by atoms with Gasteiger partial charge in [0.25, 0.3) is 0 Å². The van der Waals surface area contributed by atoms with Gasteiger partial charge in [0.1, 0.15) is 5.75 Å². The highest BCUT2D eigenvalue weighted by Gasteiger charge is 2.38. The first-order valence-corrected chi connectivity index (χ1v) is 11.1. The van der Waals surface area contributed by atoms with E-state index in [2.05, 4.69) is 20.6 Å². The summed E-state index contributed by atoms with van der Waals surface area (Å²) in [7, 11) is 1.59. The second-order valence-corrected chi connectivity index (χ2v) is 8.41. The van der Waals surface area contributed by atoms with Crippen molar-refractivity contribution in [2.45, 2.75) is 26.4 Å². The molecule has 9 nitrogen and oxygen atoms in total. The Hall–Kier alpha value is -3.71. The summed E-state index contributed by atoms with van der Waals surface area (Å²) in [6.07, 6.45) is -3.28. The summed E-state index contributed by atoms with van der Waals surface area (Å²) in [5, 5.41) is 13.3. The lowest BCUT2D eigenvalue weighted by atomic mass is 10.1. The van der Waals surface area contributed by atoms with E-state index in [4.69, 9.17) is 26.2 Å². The molecule has 3 N–H and O–H groups in total. The third-order valence-electron chi connectivity index (χ3n) is 4.22. The highest BCUT2D eigenvalue weighted by atomic mass is 35.5. The minimum Gasteiger partial charge on any atom is -0.497 e. The molecule has 0 atom stereocenters. The molecule has 3 aromatic rings. The van der Waals surface area contributed by atoms with Gasteiger partial charge in [-0.05, 0) is 30.7 Å². The Morgan fingerprint density at radius 2 is 1.78 bits per heavy atom. The highest BCUT2D eigenvalue weighted by molar-refractivity contribution is 7.19. The number of methoxy groups -OCH3 is 1. The monoisotopic (exact) mass is 544 g/mol. The van der Waals surface area contributed by atoms with Crippen LogP contribution in [-0.2, 0) is 20.8 Å². The number of nitrogens with zero attached hydrogens (tertiary/aromatic N) is 2. The van der Waals surface area contributed by atoms with Crippen molar-refractivity contribution in [2.75, 3.05) is 17.7 Å². The standard InChI is InChI=1S/C20H19ClN4O3S.C2HF3O2/c1-11-18(29-20(23-11)24-12(2)26)14-9-16(19(21)22-10-14)25-17(27)8-13-4-6-15(28-3)7-5-13;3-2(4,5)1(6)7/h4-7,9-10H,8H2,1-3H3,(H,25,27)(H,23,24,26);(H,6,7). The fourth-order valence-corrected chi connectivity index (χ4v) is 3.80. The molecular formula is C22H20ClF3N4O5S. The molecule has 2 aromatic heterocycles. The number of alkyl halides is 3. The molecule has 0 fully saturated rings. The number of anilines is 2. The Kier molecular flexibility index (Phi) is 9.76. The second-order valence-electron chi connectivity index (χ2n) is 7.05. The van der Waals surface area contributed by atoms with Gasteiger partial charge in [0, 0.05) is 18.7 Å². The smallest absolute Gasteiger partial charge is 0.490 e. The summed E-state index contributed by atoms with van der Waals surface area (Å²) in [6.45, 7) is 3.27. The third kappa shape index (κ3) is 8.50. The van der Waals surface area contributed by atoms with Gasteiger partial charge in [0.2, 0.25) is 11.8 Å². The summed E-state index contributed by atoms with van der Waals surface area (Å²) in [5.41, 5.74) is 2.76. The third-order valence-corrected chi connectivity index (χ3v) is 5.64. The topological polar surface area (TPSA) is 131 Å². The zero-order chi connectivity index (χ0) is 27.0. The van der Waals surface area contributed by atoms with Crippen molar-refractivity contribution < 1.29 is 37.4 Å². The molecule has 0 unspecified atom stereocenters. The molecule has 0 aliphatic heterocycles. The number of rotatable bonds is 6. The molecule has 0 spiro atoms. The van der Waals surface area contributed by atoms with E-state index in [-0.39, 0.29) is 23.4 Å². The number of hydrogen-bond donors (Lipinski definition) is 3. The Morgan fingerprint density at radius 1 is 1.17 bits per heavy atom. The number of thiazole rings is 1.